The van der Waals surface area contributed by atoms with Crippen LogP contribution in [0.15, 0.2) is 30.3 Å². The number of alkyl halides is 3. The van der Waals surface area contributed by atoms with Crippen molar-refractivity contribution in [3.05, 3.63) is 46.3 Å². The maximum Gasteiger partial charge on any atom is 0.416 e. The van der Waals surface area contributed by atoms with Crippen molar-refractivity contribution in [2.45, 2.75) is 19.6 Å². The molecule has 0 atom stereocenters. The van der Waals surface area contributed by atoms with Crippen molar-refractivity contribution < 1.29 is 13.2 Å². The second-order valence-corrected chi connectivity index (χ2v) is 5.17. The van der Waals surface area contributed by atoms with Crippen LogP contribution in [-0.4, -0.2) is 0 Å². The van der Waals surface area contributed by atoms with Crippen molar-refractivity contribution >= 4 is 11.3 Å². The van der Waals surface area contributed by atoms with E-state index in [-0.39, 0.29) is 5.56 Å². The quantitative estimate of drug-likeness (QED) is 0.870. The van der Waals surface area contributed by atoms with Crippen molar-refractivity contribution in [3.8, 4) is 10.4 Å². The van der Waals surface area contributed by atoms with E-state index in [2.05, 4.69) is 0 Å². The lowest BCUT2D eigenvalue weighted by Crippen LogP contribution is -2.07. The SMILES string of the molecule is Cc1ccc(-c2ccc(CN)s2)cc1C(F)(F)F. The predicted molar refractivity (Wildman–Crippen MR) is 67.4 cm³/mol. The molecule has 0 bridgehead atoms. The molecule has 0 aliphatic rings. The molecule has 1 heterocycles. The summed E-state index contributed by atoms with van der Waals surface area (Å²) in [5.41, 5.74) is 5.73. The standard InChI is InChI=1S/C13H12F3NS/c1-8-2-3-9(6-11(8)13(14,15)16)12-5-4-10(7-17)18-12/h2-6H,7,17H2,1H3. The summed E-state index contributed by atoms with van der Waals surface area (Å²) in [6, 6.07) is 8.04. The number of aryl methyl sites for hydroxylation is 1. The molecule has 2 rings (SSSR count). The first kappa shape index (κ1) is 13.1. The molecular weight excluding hydrogens is 259 g/mol. The summed E-state index contributed by atoms with van der Waals surface area (Å²) in [7, 11) is 0. The van der Waals surface area contributed by atoms with E-state index in [1.165, 1.54) is 30.4 Å². The zero-order valence-corrected chi connectivity index (χ0v) is 10.5. The van der Waals surface area contributed by atoms with Crippen LogP contribution in [0.3, 0.4) is 0 Å². The summed E-state index contributed by atoms with van der Waals surface area (Å²) in [6.45, 7) is 1.87. The van der Waals surface area contributed by atoms with Gasteiger partial charge in [0.15, 0.2) is 0 Å². The summed E-state index contributed by atoms with van der Waals surface area (Å²) < 4.78 is 38.4. The lowest BCUT2D eigenvalue weighted by Gasteiger charge is -2.11. The topological polar surface area (TPSA) is 26.0 Å². The summed E-state index contributed by atoms with van der Waals surface area (Å²) in [5, 5.41) is 0. The van der Waals surface area contributed by atoms with Crippen LogP contribution in [0.1, 0.15) is 16.0 Å². The second-order valence-electron chi connectivity index (χ2n) is 4.00. The van der Waals surface area contributed by atoms with Gasteiger partial charge in [-0.25, -0.2) is 0 Å². The molecule has 0 saturated carbocycles. The van der Waals surface area contributed by atoms with Gasteiger partial charge < -0.3 is 5.73 Å². The Morgan fingerprint density at radius 2 is 1.89 bits per heavy atom. The maximum atomic E-state index is 12.8. The van der Waals surface area contributed by atoms with Gasteiger partial charge in [-0.05, 0) is 36.2 Å². The third-order valence-corrected chi connectivity index (χ3v) is 3.85. The number of nitrogens with two attached hydrogens (primary N) is 1. The van der Waals surface area contributed by atoms with Gasteiger partial charge in [0.25, 0.3) is 0 Å². The zero-order chi connectivity index (χ0) is 13.3. The van der Waals surface area contributed by atoms with Crippen LogP contribution in [0, 0.1) is 6.92 Å². The lowest BCUT2D eigenvalue weighted by molar-refractivity contribution is -0.138. The van der Waals surface area contributed by atoms with Crippen LogP contribution in [0.2, 0.25) is 0 Å². The van der Waals surface area contributed by atoms with Crippen LogP contribution in [0.5, 0.6) is 0 Å². The van der Waals surface area contributed by atoms with Crippen LogP contribution >= 0.6 is 11.3 Å². The van der Waals surface area contributed by atoms with E-state index in [4.69, 9.17) is 5.73 Å². The zero-order valence-electron chi connectivity index (χ0n) is 9.71. The molecule has 0 spiro atoms. The van der Waals surface area contributed by atoms with Crippen molar-refractivity contribution in [3.63, 3.8) is 0 Å². The molecule has 0 saturated heterocycles. The minimum Gasteiger partial charge on any atom is -0.326 e. The summed E-state index contributed by atoms with van der Waals surface area (Å²) in [4.78, 5) is 1.76. The first-order chi connectivity index (χ1) is 8.41. The molecule has 1 aromatic heterocycles. The highest BCUT2D eigenvalue weighted by Crippen LogP contribution is 2.36. The highest BCUT2D eigenvalue weighted by atomic mass is 32.1. The van der Waals surface area contributed by atoms with E-state index in [9.17, 15) is 13.2 Å². The highest BCUT2D eigenvalue weighted by Gasteiger charge is 2.32. The van der Waals surface area contributed by atoms with Crippen molar-refractivity contribution in [1.82, 2.24) is 0 Å². The van der Waals surface area contributed by atoms with Gasteiger partial charge in [0.05, 0.1) is 5.56 Å². The average molecular weight is 271 g/mol. The molecule has 2 N–H and O–H groups in total. The van der Waals surface area contributed by atoms with Crippen LogP contribution in [0.25, 0.3) is 10.4 Å². The van der Waals surface area contributed by atoms with E-state index < -0.39 is 11.7 Å². The fourth-order valence-corrected chi connectivity index (χ4v) is 2.61. The minimum atomic E-state index is -4.31. The number of hydrogen-bond donors (Lipinski definition) is 1. The molecule has 0 aliphatic heterocycles. The van der Waals surface area contributed by atoms with Gasteiger partial charge in [-0.15, -0.1) is 11.3 Å². The predicted octanol–water partition coefficient (Wildman–Crippen LogP) is 4.20. The number of benzene rings is 1. The fourth-order valence-electron chi connectivity index (χ4n) is 1.72. The molecule has 0 unspecified atom stereocenters. The third kappa shape index (κ3) is 2.57. The number of rotatable bonds is 2. The molecule has 0 amide bonds. The molecular formula is C13H12F3NS. The molecule has 0 aliphatic carbocycles. The van der Waals surface area contributed by atoms with Gasteiger partial charge in [-0.1, -0.05) is 12.1 Å². The third-order valence-electron chi connectivity index (χ3n) is 2.69. The van der Waals surface area contributed by atoms with Crippen molar-refractivity contribution in [1.29, 1.82) is 0 Å². The highest BCUT2D eigenvalue weighted by molar-refractivity contribution is 7.15. The van der Waals surface area contributed by atoms with Crippen molar-refractivity contribution in [2.24, 2.45) is 5.73 Å². The molecule has 1 aromatic carbocycles. The number of thiophene rings is 1. The Hall–Kier alpha value is -1.33. The number of hydrogen-bond acceptors (Lipinski definition) is 2. The van der Waals surface area contributed by atoms with Gasteiger partial charge in [-0.2, -0.15) is 13.2 Å². The average Bonchev–Trinajstić information content (AvgIpc) is 2.76. The molecule has 2 aromatic rings. The van der Waals surface area contributed by atoms with Gasteiger partial charge in [0.1, 0.15) is 0 Å². The van der Waals surface area contributed by atoms with Gasteiger partial charge >= 0.3 is 6.18 Å². The van der Waals surface area contributed by atoms with Gasteiger partial charge in [0, 0.05) is 16.3 Å². The maximum absolute atomic E-state index is 12.8. The molecule has 1 nitrogen and oxygen atoms in total. The monoisotopic (exact) mass is 271 g/mol. The Morgan fingerprint density at radius 1 is 1.17 bits per heavy atom. The molecule has 96 valence electrons. The summed E-state index contributed by atoms with van der Waals surface area (Å²) in [5.74, 6) is 0. The molecule has 18 heavy (non-hydrogen) atoms. The van der Waals surface area contributed by atoms with E-state index in [1.54, 1.807) is 12.1 Å². The van der Waals surface area contributed by atoms with Crippen molar-refractivity contribution in [2.75, 3.05) is 0 Å². The summed E-state index contributed by atoms with van der Waals surface area (Å²) in [6.07, 6.45) is -4.31. The first-order valence-corrected chi connectivity index (χ1v) is 6.20. The lowest BCUT2D eigenvalue weighted by atomic mass is 10.0. The molecule has 0 radical (unpaired) electrons. The fraction of sp³-hybridized carbons (Fsp3) is 0.231. The first-order valence-electron chi connectivity index (χ1n) is 5.39. The van der Waals surface area contributed by atoms with Crippen LogP contribution < -0.4 is 5.73 Å². The largest absolute Gasteiger partial charge is 0.416 e. The van der Waals surface area contributed by atoms with E-state index >= 15 is 0 Å². The normalized spacial score (nSPS) is 11.8. The Morgan fingerprint density at radius 3 is 2.44 bits per heavy atom. The molecule has 5 heteroatoms. The Balaban J connectivity index is 2.47. The Bertz CT molecular complexity index is 558. The number of halogens is 3. The Labute approximate surface area is 107 Å². The van der Waals surface area contributed by atoms with E-state index in [1.807, 2.05) is 6.07 Å². The van der Waals surface area contributed by atoms with Crippen LogP contribution in [0.4, 0.5) is 13.2 Å². The summed E-state index contributed by atoms with van der Waals surface area (Å²) >= 11 is 1.42. The Kier molecular flexibility index (Phi) is 3.45. The van der Waals surface area contributed by atoms with E-state index in [0.717, 1.165) is 9.75 Å². The van der Waals surface area contributed by atoms with Crippen LogP contribution in [-0.2, 0) is 12.7 Å². The smallest absolute Gasteiger partial charge is 0.326 e. The second kappa shape index (κ2) is 4.74. The van der Waals surface area contributed by atoms with Gasteiger partial charge in [0.2, 0.25) is 0 Å². The van der Waals surface area contributed by atoms with E-state index in [0.29, 0.717) is 12.1 Å². The molecule has 0 fully saturated rings. The van der Waals surface area contributed by atoms with Gasteiger partial charge in [-0.3, -0.25) is 0 Å². The minimum absolute atomic E-state index is 0.238.